The Morgan fingerprint density at radius 1 is 1.14 bits per heavy atom. The van der Waals surface area contributed by atoms with E-state index in [1.165, 1.54) is 43.5 Å². The van der Waals surface area contributed by atoms with E-state index < -0.39 is 53.8 Å². The number of rotatable bonds is 17. The molecule has 0 saturated carbocycles. The van der Waals surface area contributed by atoms with Crippen molar-refractivity contribution in [2.24, 2.45) is 0 Å². The highest BCUT2D eigenvalue weighted by molar-refractivity contribution is 7.93. The molecule has 0 bridgehead atoms. The molecule has 2 rings (SSSR count). The first-order valence-corrected chi connectivity index (χ1v) is 16.7. The number of aromatic nitrogens is 2. The van der Waals surface area contributed by atoms with Crippen molar-refractivity contribution in [3.05, 3.63) is 47.4 Å². The predicted octanol–water partition coefficient (Wildman–Crippen LogP) is 2.70. The van der Waals surface area contributed by atoms with Crippen molar-refractivity contribution < 1.29 is 46.5 Å². The molecule has 2 N–H and O–H groups in total. The molecule has 2 atom stereocenters. The van der Waals surface area contributed by atoms with E-state index in [2.05, 4.69) is 9.97 Å². The summed E-state index contributed by atoms with van der Waals surface area (Å²) in [4.78, 5) is 19.7. The van der Waals surface area contributed by atoms with Crippen LogP contribution in [0.5, 0.6) is 0 Å². The molecule has 1 heterocycles. The lowest BCUT2D eigenvalue weighted by atomic mass is 9.97. The molecule has 0 fully saturated rings. The van der Waals surface area contributed by atoms with Crippen molar-refractivity contribution in [3.8, 4) is 11.3 Å². The Balaban J connectivity index is 2.57. The summed E-state index contributed by atoms with van der Waals surface area (Å²) in [7, 11) is -6.51. The Morgan fingerprint density at radius 3 is 2.26 bits per heavy atom. The zero-order chi connectivity index (χ0) is 31.7. The van der Waals surface area contributed by atoms with Crippen LogP contribution >= 0.6 is 7.60 Å². The number of aliphatic carboxylic acids is 1. The highest BCUT2D eigenvalue weighted by atomic mass is 32.2. The maximum atomic E-state index is 13.8. The number of nitrogens with zero attached hydrogens (tertiary/aromatic N) is 3. The van der Waals surface area contributed by atoms with Gasteiger partial charge in [-0.15, -0.1) is 0 Å². The molecule has 0 aliphatic carbocycles. The Bertz CT molecular complexity index is 1380. The maximum absolute atomic E-state index is 13.8. The average Bonchev–Trinajstić information content (AvgIpc) is 2.90. The summed E-state index contributed by atoms with van der Waals surface area (Å²) in [6, 6.07) is 5.34. The number of sulfonamides is 1. The molecule has 42 heavy (non-hydrogen) atoms. The Labute approximate surface area is 245 Å². The normalized spacial score (nSPS) is 13.9. The largest absolute Gasteiger partial charge is 0.550 e. The van der Waals surface area contributed by atoms with Gasteiger partial charge in [-0.3, -0.25) is 4.57 Å². The lowest BCUT2D eigenvalue weighted by Gasteiger charge is -2.23. The summed E-state index contributed by atoms with van der Waals surface area (Å²) in [5.74, 6) is -3.00. The van der Waals surface area contributed by atoms with Crippen LogP contribution in [0.3, 0.4) is 0 Å². The van der Waals surface area contributed by atoms with Gasteiger partial charge >= 0.3 is 7.60 Å². The molecule has 0 unspecified atom stereocenters. The van der Waals surface area contributed by atoms with Crippen molar-refractivity contribution in [2.45, 2.75) is 58.7 Å². The van der Waals surface area contributed by atoms with Gasteiger partial charge in [0.2, 0.25) is 16.0 Å². The number of carboxylic acids is 1. The minimum Gasteiger partial charge on any atom is -0.550 e. The van der Waals surface area contributed by atoms with Gasteiger partial charge in [0.1, 0.15) is 5.82 Å². The standard InChI is InChI=1S/C27H39FN3O9PS/c1-6-39-41(36,40-7-2)14-15-42(37,38)31(5)27-29-25(18(3)4)23(13-12-21(32)16-22(33)17-24(34)35)26(30-27)19-8-10-20(28)11-9-19/h8-13,18,21-22,32-33H,6-7,14-17H2,1-5H3,(H,34,35)/p-1/b13-12+/t21-,22-/m1/s1. The summed E-state index contributed by atoms with van der Waals surface area (Å²) in [6.45, 7) is 7.02. The minimum atomic E-state index is -4.12. The van der Waals surface area contributed by atoms with Crippen molar-refractivity contribution >= 4 is 35.6 Å². The molecule has 2 aromatic rings. The second-order valence-electron chi connectivity index (χ2n) is 9.68. The van der Waals surface area contributed by atoms with E-state index >= 15 is 0 Å². The predicted molar refractivity (Wildman–Crippen MR) is 155 cm³/mol. The van der Waals surface area contributed by atoms with Crippen LogP contribution in [-0.2, 0) is 28.4 Å². The molecule has 0 aliphatic rings. The van der Waals surface area contributed by atoms with Gasteiger partial charge in [0, 0.05) is 37.0 Å². The van der Waals surface area contributed by atoms with Gasteiger partial charge in [-0.25, -0.2) is 27.1 Å². The summed E-state index contributed by atoms with van der Waals surface area (Å²) in [5, 5.41) is 31.0. The smallest absolute Gasteiger partial charge is 0.331 e. The third kappa shape index (κ3) is 10.2. The SMILES string of the molecule is CCOP(=O)(CCS(=O)(=O)N(C)c1nc(-c2ccc(F)cc2)c(/C=C/[C@@H](O)C[C@@H](O)CC(=O)[O-])c(C(C)C)n1)OCC. The molecule has 0 amide bonds. The van der Waals surface area contributed by atoms with Crippen molar-refractivity contribution in [3.63, 3.8) is 0 Å². The van der Waals surface area contributed by atoms with E-state index in [1.54, 1.807) is 13.8 Å². The van der Waals surface area contributed by atoms with Gasteiger partial charge in [0.25, 0.3) is 0 Å². The van der Waals surface area contributed by atoms with E-state index in [0.717, 1.165) is 4.31 Å². The number of hydrogen-bond acceptors (Lipinski definition) is 11. The van der Waals surface area contributed by atoms with Crippen LogP contribution in [0.2, 0.25) is 0 Å². The first-order valence-electron chi connectivity index (χ1n) is 13.4. The molecule has 0 radical (unpaired) electrons. The van der Waals surface area contributed by atoms with Gasteiger partial charge in [-0.2, -0.15) is 0 Å². The van der Waals surface area contributed by atoms with Crippen LogP contribution in [0.4, 0.5) is 10.3 Å². The number of anilines is 1. The number of halogens is 1. The van der Waals surface area contributed by atoms with E-state index in [0.29, 0.717) is 16.8 Å². The molecule has 234 valence electrons. The fraction of sp³-hybridized carbons (Fsp3) is 0.519. The van der Waals surface area contributed by atoms with Crippen LogP contribution in [0.1, 0.15) is 57.7 Å². The van der Waals surface area contributed by atoms with Crippen LogP contribution in [-0.4, -0.2) is 79.0 Å². The van der Waals surface area contributed by atoms with Gasteiger partial charge in [-0.1, -0.05) is 26.0 Å². The number of carbonyl (C=O) groups excluding carboxylic acids is 1. The van der Waals surface area contributed by atoms with Crippen molar-refractivity contribution in [1.29, 1.82) is 0 Å². The van der Waals surface area contributed by atoms with Gasteiger partial charge in [0.05, 0.1) is 48.7 Å². The molecule has 15 heteroatoms. The quantitative estimate of drug-likeness (QED) is 0.246. The Hall–Kier alpha value is -2.74. The first kappa shape index (κ1) is 35.5. The number of aliphatic hydroxyl groups excluding tert-OH is 2. The van der Waals surface area contributed by atoms with E-state index in [1.807, 2.05) is 13.8 Å². The monoisotopic (exact) mass is 630 g/mol. The second kappa shape index (κ2) is 15.6. The third-order valence-corrected chi connectivity index (χ3v) is 10.1. The fourth-order valence-corrected chi connectivity index (χ4v) is 7.48. The van der Waals surface area contributed by atoms with E-state index in [9.17, 15) is 37.5 Å². The minimum absolute atomic E-state index is 0.0778. The zero-order valence-corrected chi connectivity index (χ0v) is 26.0. The van der Waals surface area contributed by atoms with Crippen LogP contribution < -0.4 is 9.41 Å². The lowest BCUT2D eigenvalue weighted by Crippen LogP contribution is -2.32. The van der Waals surface area contributed by atoms with E-state index in [-0.39, 0.29) is 43.4 Å². The topological polar surface area (TPSA) is 179 Å². The summed E-state index contributed by atoms with van der Waals surface area (Å²) in [6.07, 6.45) is -1.07. The molecular formula is C27H38FN3O9PS-. The fourth-order valence-electron chi connectivity index (χ4n) is 3.94. The van der Waals surface area contributed by atoms with Crippen LogP contribution in [0.15, 0.2) is 30.3 Å². The summed E-state index contributed by atoms with van der Waals surface area (Å²) >= 11 is 0. The number of carbonyl (C=O) groups is 1. The molecule has 0 saturated heterocycles. The summed E-state index contributed by atoms with van der Waals surface area (Å²) in [5.41, 5.74) is 1.46. The molecule has 0 spiro atoms. The number of hydrogen-bond donors (Lipinski definition) is 2. The average molecular weight is 631 g/mol. The molecule has 0 aliphatic heterocycles. The van der Waals surface area contributed by atoms with Crippen LogP contribution in [0, 0.1) is 5.82 Å². The molecule has 1 aromatic heterocycles. The molecule has 1 aromatic carbocycles. The zero-order valence-electron chi connectivity index (χ0n) is 24.3. The van der Waals surface area contributed by atoms with E-state index in [4.69, 9.17) is 9.05 Å². The van der Waals surface area contributed by atoms with Gasteiger partial charge in [-0.05, 0) is 44.0 Å². The maximum Gasteiger partial charge on any atom is 0.331 e. The number of benzene rings is 1. The number of aliphatic hydroxyl groups is 2. The highest BCUT2D eigenvalue weighted by Crippen LogP contribution is 2.48. The van der Waals surface area contributed by atoms with Crippen LogP contribution in [0.25, 0.3) is 17.3 Å². The Morgan fingerprint density at radius 2 is 1.74 bits per heavy atom. The Kier molecular flexibility index (Phi) is 13.2. The van der Waals surface area contributed by atoms with Crippen molar-refractivity contribution in [1.82, 2.24) is 9.97 Å². The first-order chi connectivity index (χ1) is 19.6. The highest BCUT2D eigenvalue weighted by Gasteiger charge is 2.31. The van der Waals surface area contributed by atoms with Crippen molar-refractivity contribution in [2.75, 3.05) is 36.5 Å². The van der Waals surface area contributed by atoms with Gasteiger partial charge < -0.3 is 29.2 Å². The molecular weight excluding hydrogens is 592 g/mol. The lowest BCUT2D eigenvalue weighted by molar-refractivity contribution is -0.307. The van der Waals surface area contributed by atoms with Gasteiger partial charge in [0.15, 0.2) is 0 Å². The third-order valence-electron chi connectivity index (χ3n) is 6.00. The summed E-state index contributed by atoms with van der Waals surface area (Å²) < 4.78 is 64.5. The number of carboxylic acid groups (broad SMARTS) is 1. The molecule has 12 nitrogen and oxygen atoms in total. The second-order valence-corrected chi connectivity index (χ2v) is 14.0.